The number of rotatable bonds is 4. The first-order chi connectivity index (χ1) is 20.6. The fourth-order valence-corrected chi connectivity index (χ4v) is 5.74. The number of hydrogen-bond donors (Lipinski definition) is 0. The molecule has 0 aliphatic rings. The summed E-state index contributed by atoms with van der Waals surface area (Å²) in [6.45, 7) is 22.1. The minimum atomic E-state index is 0. The second-order valence-corrected chi connectivity index (χ2v) is 13.5. The third kappa shape index (κ3) is 7.88. The minimum Gasteiger partial charge on any atom is -0.164 e. The van der Waals surface area contributed by atoms with Crippen LogP contribution >= 0.6 is 0 Å². The molecule has 0 heterocycles. The molecule has 0 bridgehead atoms. The summed E-state index contributed by atoms with van der Waals surface area (Å²) in [6, 6.07) is 35.8. The number of benzene rings is 4. The molecule has 0 fully saturated rings. The first-order valence-electron chi connectivity index (χ1n) is 15.7. The van der Waals surface area contributed by atoms with E-state index in [1.807, 2.05) is 0 Å². The topological polar surface area (TPSA) is 0 Å². The average molecular weight is 672 g/mol. The van der Waals surface area contributed by atoms with Crippen LogP contribution in [-0.2, 0) is 26.2 Å². The van der Waals surface area contributed by atoms with E-state index in [1.165, 1.54) is 77.2 Å². The van der Waals surface area contributed by atoms with E-state index in [0.29, 0.717) is 11.8 Å². The quantitative estimate of drug-likeness (QED) is 0.129. The van der Waals surface area contributed by atoms with Crippen molar-refractivity contribution in [2.45, 2.75) is 80.3 Å². The van der Waals surface area contributed by atoms with Gasteiger partial charge in [-0.25, -0.2) is 0 Å². The summed E-state index contributed by atoms with van der Waals surface area (Å²) in [7, 11) is 1.08. The molecule has 2 heteroatoms. The van der Waals surface area contributed by atoms with Crippen LogP contribution in [-0.4, -0.2) is 9.52 Å². The molecule has 44 heavy (non-hydrogen) atoms. The van der Waals surface area contributed by atoms with Crippen molar-refractivity contribution in [3.63, 3.8) is 0 Å². The van der Waals surface area contributed by atoms with E-state index >= 15 is 0 Å². The summed E-state index contributed by atoms with van der Waals surface area (Å²) in [5, 5.41) is 5.47. The Kier molecular flexibility index (Phi) is 12.9. The second kappa shape index (κ2) is 16.0. The Balaban J connectivity index is 0.000000216. The molecule has 0 aliphatic carbocycles. The van der Waals surface area contributed by atoms with Crippen LogP contribution in [0.2, 0.25) is 13.1 Å². The van der Waals surface area contributed by atoms with Crippen molar-refractivity contribution < 1.29 is 26.2 Å². The molecule has 0 amide bonds. The average Bonchev–Trinajstić information content (AvgIpc) is 3.62. The smallest absolute Gasteiger partial charge is 0.164 e. The maximum Gasteiger partial charge on any atom is 2.00 e. The molecule has 0 aromatic heterocycles. The molecule has 6 rings (SSSR count). The molecule has 224 valence electrons. The predicted octanol–water partition coefficient (Wildman–Crippen LogP) is 12.7. The van der Waals surface area contributed by atoms with Crippen LogP contribution < -0.4 is 0 Å². The Hall–Kier alpha value is -2.80. The van der Waals surface area contributed by atoms with Crippen molar-refractivity contribution in [2.75, 3.05) is 0 Å². The van der Waals surface area contributed by atoms with Crippen LogP contribution in [0.3, 0.4) is 0 Å². The van der Waals surface area contributed by atoms with Crippen molar-refractivity contribution in [1.29, 1.82) is 0 Å². The first-order valence-corrected chi connectivity index (χ1v) is 17.7. The van der Waals surface area contributed by atoms with Crippen molar-refractivity contribution in [3.8, 4) is 22.3 Å². The monoisotopic (exact) mass is 670 g/mol. The second-order valence-electron chi connectivity index (χ2n) is 12.5. The summed E-state index contributed by atoms with van der Waals surface area (Å²) in [4.78, 5) is 0. The van der Waals surface area contributed by atoms with Gasteiger partial charge in [-0.15, -0.1) is 69.1 Å². The van der Waals surface area contributed by atoms with Gasteiger partial charge in [0.1, 0.15) is 0 Å². The van der Waals surface area contributed by atoms with Gasteiger partial charge in [-0.2, -0.15) is 12.1 Å². The van der Waals surface area contributed by atoms with Gasteiger partial charge in [-0.1, -0.05) is 100 Å². The van der Waals surface area contributed by atoms with E-state index in [0.717, 1.165) is 9.52 Å². The summed E-state index contributed by atoms with van der Waals surface area (Å²) in [5.74, 6) is 1.16. The van der Waals surface area contributed by atoms with Crippen LogP contribution in [0.5, 0.6) is 0 Å². The summed E-state index contributed by atoms with van der Waals surface area (Å²) < 4.78 is 0. The van der Waals surface area contributed by atoms with E-state index in [2.05, 4.69) is 166 Å². The molecule has 0 saturated heterocycles. The zero-order valence-corrected chi connectivity index (χ0v) is 31.9. The van der Waals surface area contributed by atoms with Crippen LogP contribution in [0.25, 0.3) is 43.8 Å². The maximum absolute atomic E-state index is 2.36. The molecular weight excluding hydrogens is 624 g/mol. The molecule has 0 aliphatic heterocycles. The number of fused-ring (bicyclic) bond motifs is 2. The van der Waals surface area contributed by atoms with Crippen molar-refractivity contribution in [2.24, 2.45) is 0 Å². The normalized spacial score (nSPS) is 10.8. The van der Waals surface area contributed by atoms with Crippen molar-refractivity contribution in [3.05, 3.63) is 130 Å². The van der Waals surface area contributed by atoms with E-state index in [-0.39, 0.29) is 26.2 Å². The van der Waals surface area contributed by atoms with Crippen molar-refractivity contribution >= 4 is 31.1 Å². The summed E-state index contributed by atoms with van der Waals surface area (Å²) in [5.41, 5.74) is 13.8. The van der Waals surface area contributed by atoms with Crippen LogP contribution in [0.15, 0.2) is 97.1 Å². The van der Waals surface area contributed by atoms with E-state index < -0.39 is 0 Å². The molecule has 0 saturated carbocycles. The van der Waals surface area contributed by atoms with Crippen molar-refractivity contribution in [1.82, 2.24) is 0 Å². The molecule has 0 unspecified atom stereocenters. The van der Waals surface area contributed by atoms with E-state index in [4.69, 9.17) is 0 Å². The molecule has 0 nitrogen and oxygen atoms in total. The largest absolute Gasteiger partial charge is 2.00 e. The Morgan fingerprint density at radius 3 is 1.16 bits per heavy atom. The minimum absolute atomic E-state index is 0. The summed E-state index contributed by atoms with van der Waals surface area (Å²) >= 11 is 0. The van der Waals surface area contributed by atoms with Crippen LogP contribution in [0.4, 0.5) is 0 Å². The fraction of sp³-hybridized carbons (Fsp3) is 0.286. The van der Waals surface area contributed by atoms with Gasteiger partial charge in [0.05, 0.1) is 0 Å². The van der Waals surface area contributed by atoms with Gasteiger partial charge < -0.3 is 0 Å². The molecular formula is C42H48SiZr. The standard InChI is InChI=1S/2C20H21.C2H6Si.Zr/c2*1-13(2)17-11-16-8-6-10-19(20(16)12-17)18-9-5-7-14(3)15(18)4;1-3-2;/h2*5-13H,1-4H3;1-2H3;/q2*-1;;+2. The summed E-state index contributed by atoms with van der Waals surface area (Å²) in [6.07, 6.45) is 0. The van der Waals surface area contributed by atoms with Gasteiger partial charge in [-0.3, -0.25) is 0 Å². The zero-order valence-electron chi connectivity index (χ0n) is 28.4. The van der Waals surface area contributed by atoms with Gasteiger partial charge in [0.15, 0.2) is 0 Å². The molecule has 0 spiro atoms. The Morgan fingerprint density at radius 1 is 0.500 bits per heavy atom. The SMILES string of the molecule is C[Si]C.Cc1cccc(-c2cccc3[cH-]c(C(C)C)cc23)c1C.Cc1cccc(-c2cccc3[cH-]c(C(C)C)cc23)c1C.[Zr+2]. The Morgan fingerprint density at radius 2 is 0.818 bits per heavy atom. The molecule has 0 N–H and O–H groups in total. The fourth-order valence-electron chi connectivity index (χ4n) is 5.74. The van der Waals surface area contributed by atoms with Gasteiger partial charge in [0, 0.05) is 9.52 Å². The zero-order chi connectivity index (χ0) is 31.3. The third-order valence-electron chi connectivity index (χ3n) is 8.67. The third-order valence-corrected chi connectivity index (χ3v) is 8.67. The molecule has 6 aromatic rings. The van der Waals surface area contributed by atoms with E-state index in [1.54, 1.807) is 0 Å². The van der Waals surface area contributed by atoms with Gasteiger partial charge >= 0.3 is 26.2 Å². The van der Waals surface area contributed by atoms with Gasteiger partial charge in [0.25, 0.3) is 0 Å². The van der Waals surface area contributed by atoms with E-state index in [9.17, 15) is 0 Å². The molecule has 6 aromatic carbocycles. The molecule has 0 atom stereocenters. The first kappa shape index (κ1) is 35.7. The van der Waals surface area contributed by atoms with Gasteiger partial charge in [-0.05, 0) is 72.9 Å². The number of aryl methyl sites for hydroxylation is 2. The van der Waals surface area contributed by atoms with Gasteiger partial charge in [0.2, 0.25) is 0 Å². The Bertz CT molecular complexity index is 1680. The molecule has 2 radical (unpaired) electrons. The Labute approximate surface area is 288 Å². The maximum atomic E-state index is 2.36. The van der Waals surface area contributed by atoms with Crippen LogP contribution in [0.1, 0.15) is 72.9 Å². The predicted molar refractivity (Wildman–Crippen MR) is 195 cm³/mol. The number of hydrogen-bond acceptors (Lipinski definition) is 0. The van der Waals surface area contributed by atoms with Crippen LogP contribution in [0, 0.1) is 27.7 Å².